The summed E-state index contributed by atoms with van der Waals surface area (Å²) in [6.45, 7) is 2.51. The van der Waals surface area contributed by atoms with Crippen LogP contribution < -0.4 is 11.1 Å². The predicted molar refractivity (Wildman–Crippen MR) is 80.4 cm³/mol. The van der Waals surface area contributed by atoms with Gasteiger partial charge in [-0.15, -0.1) is 0 Å². The van der Waals surface area contributed by atoms with E-state index >= 15 is 0 Å². The van der Waals surface area contributed by atoms with Crippen LogP contribution in [-0.4, -0.2) is 23.2 Å². The van der Waals surface area contributed by atoms with Crippen LogP contribution in [0.25, 0.3) is 0 Å². The van der Waals surface area contributed by atoms with Crippen LogP contribution in [0.3, 0.4) is 0 Å². The molecule has 20 heavy (non-hydrogen) atoms. The molecule has 1 fully saturated rings. The highest BCUT2D eigenvalue weighted by Gasteiger charge is 2.32. The van der Waals surface area contributed by atoms with E-state index in [0.717, 1.165) is 31.6 Å². The van der Waals surface area contributed by atoms with E-state index in [1.165, 1.54) is 6.42 Å². The van der Waals surface area contributed by atoms with E-state index in [1.54, 1.807) is 24.3 Å². The second kappa shape index (κ2) is 6.27. The van der Waals surface area contributed by atoms with Crippen molar-refractivity contribution in [2.45, 2.75) is 44.6 Å². The standard InChI is InChI=1S/C16H24N2O2/c1-2-12-6-8-16(20,9-7-12)11-18-15(19)13-4-3-5-14(17)10-13/h3-5,10,12,20H,2,6-9,11,17H2,1H3,(H,18,19). The first kappa shape index (κ1) is 14.9. The van der Waals surface area contributed by atoms with Gasteiger partial charge in [-0.25, -0.2) is 0 Å². The van der Waals surface area contributed by atoms with Gasteiger partial charge in [0.2, 0.25) is 0 Å². The number of nitrogens with two attached hydrogens (primary N) is 1. The Balaban J connectivity index is 1.87. The summed E-state index contributed by atoms with van der Waals surface area (Å²) in [4.78, 5) is 12.0. The Morgan fingerprint density at radius 3 is 2.75 bits per heavy atom. The predicted octanol–water partition coefficient (Wildman–Crippen LogP) is 2.33. The lowest BCUT2D eigenvalue weighted by molar-refractivity contribution is -0.00786. The Hall–Kier alpha value is -1.55. The van der Waals surface area contributed by atoms with Crippen LogP contribution in [-0.2, 0) is 0 Å². The molecule has 4 N–H and O–H groups in total. The zero-order valence-corrected chi connectivity index (χ0v) is 12.1. The van der Waals surface area contributed by atoms with Gasteiger partial charge in [0.25, 0.3) is 5.91 Å². The molecule has 0 atom stereocenters. The first-order valence-corrected chi connectivity index (χ1v) is 7.38. The number of hydrogen-bond donors (Lipinski definition) is 3. The Morgan fingerprint density at radius 2 is 2.15 bits per heavy atom. The van der Waals surface area contributed by atoms with Crippen LogP contribution in [0.1, 0.15) is 49.4 Å². The van der Waals surface area contributed by atoms with Gasteiger partial charge < -0.3 is 16.2 Å². The van der Waals surface area contributed by atoms with Gasteiger partial charge in [-0.3, -0.25) is 4.79 Å². The Labute approximate surface area is 120 Å². The van der Waals surface area contributed by atoms with Gasteiger partial charge in [-0.1, -0.05) is 19.4 Å². The average molecular weight is 276 g/mol. The molecule has 1 saturated carbocycles. The highest BCUT2D eigenvalue weighted by molar-refractivity contribution is 5.95. The fourth-order valence-corrected chi connectivity index (χ4v) is 2.83. The van der Waals surface area contributed by atoms with Crippen molar-refractivity contribution in [3.63, 3.8) is 0 Å². The molecule has 1 aliphatic rings. The molecule has 0 aliphatic heterocycles. The van der Waals surface area contributed by atoms with E-state index in [0.29, 0.717) is 17.8 Å². The van der Waals surface area contributed by atoms with Crippen molar-refractivity contribution in [3.8, 4) is 0 Å². The van der Waals surface area contributed by atoms with Crippen molar-refractivity contribution in [3.05, 3.63) is 29.8 Å². The topological polar surface area (TPSA) is 75.3 Å². The van der Waals surface area contributed by atoms with Gasteiger partial charge in [0, 0.05) is 17.8 Å². The number of nitrogen functional groups attached to an aromatic ring is 1. The van der Waals surface area contributed by atoms with Gasteiger partial charge in [-0.2, -0.15) is 0 Å². The van der Waals surface area contributed by atoms with E-state index in [1.807, 2.05) is 0 Å². The number of carbonyl (C=O) groups is 1. The monoisotopic (exact) mass is 276 g/mol. The lowest BCUT2D eigenvalue weighted by Gasteiger charge is -2.35. The minimum absolute atomic E-state index is 0.177. The summed E-state index contributed by atoms with van der Waals surface area (Å²) in [6.07, 6.45) is 4.79. The van der Waals surface area contributed by atoms with Crippen molar-refractivity contribution in [2.24, 2.45) is 5.92 Å². The maximum absolute atomic E-state index is 12.0. The largest absolute Gasteiger partial charge is 0.399 e. The average Bonchev–Trinajstić information content (AvgIpc) is 2.46. The lowest BCUT2D eigenvalue weighted by atomic mass is 9.78. The van der Waals surface area contributed by atoms with Crippen LogP contribution in [0.5, 0.6) is 0 Å². The highest BCUT2D eigenvalue weighted by Crippen LogP contribution is 2.33. The highest BCUT2D eigenvalue weighted by atomic mass is 16.3. The van der Waals surface area contributed by atoms with Crippen LogP contribution >= 0.6 is 0 Å². The van der Waals surface area contributed by atoms with E-state index in [-0.39, 0.29) is 5.91 Å². The van der Waals surface area contributed by atoms with Gasteiger partial charge in [0.05, 0.1) is 5.60 Å². The number of amides is 1. The Bertz CT molecular complexity index is 465. The number of carbonyl (C=O) groups excluding carboxylic acids is 1. The summed E-state index contributed by atoms with van der Waals surface area (Å²) < 4.78 is 0. The molecule has 4 nitrogen and oxygen atoms in total. The molecule has 0 saturated heterocycles. The zero-order chi connectivity index (χ0) is 14.6. The molecule has 0 spiro atoms. The van der Waals surface area contributed by atoms with E-state index < -0.39 is 5.60 Å². The summed E-state index contributed by atoms with van der Waals surface area (Å²) in [7, 11) is 0. The third kappa shape index (κ3) is 3.73. The SMILES string of the molecule is CCC1CCC(O)(CNC(=O)c2cccc(N)c2)CC1. The fourth-order valence-electron chi connectivity index (χ4n) is 2.83. The van der Waals surface area contributed by atoms with Crippen molar-refractivity contribution in [1.82, 2.24) is 5.32 Å². The molecular weight excluding hydrogens is 252 g/mol. The molecule has 0 radical (unpaired) electrons. The molecule has 0 bridgehead atoms. The maximum atomic E-state index is 12.0. The molecule has 1 amide bonds. The molecular formula is C16H24N2O2. The van der Waals surface area contributed by atoms with Gasteiger partial charge in [0.1, 0.15) is 0 Å². The quantitative estimate of drug-likeness (QED) is 0.739. The summed E-state index contributed by atoms with van der Waals surface area (Å²) in [5.74, 6) is 0.545. The first-order chi connectivity index (χ1) is 9.52. The summed E-state index contributed by atoms with van der Waals surface area (Å²) in [6, 6.07) is 6.87. The first-order valence-electron chi connectivity index (χ1n) is 7.38. The number of rotatable bonds is 4. The zero-order valence-electron chi connectivity index (χ0n) is 12.1. The molecule has 0 aromatic heterocycles. The Kier molecular flexibility index (Phi) is 4.65. The smallest absolute Gasteiger partial charge is 0.251 e. The molecule has 0 unspecified atom stereocenters. The van der Waals surface area contributed by atoms with Crippen LogP contribution in [0, 0.1) is 5.92 Å². The number of benzene rings is 1. The minimum atomic E-state index is -0.748. The molecule has 1 aliphatic carbocycles. The number of hydrogen-bond acceptors (Lipinski definition) is 3. The molecule has 4 heteroatoms. The molecule has 110 valence electrons. The second-order valence-corrected chi connectivity index (χ2v) is 5.88. The van der Waals surface area contributed by atoms with Crippen LogP contribution in [0.4, 0.5) is 5.69 Å². The second-order valence-electron chi connectivity index (χ2n) is 5.88. The molecule has 1 aromatic rings. The summed E-state index contributed by atoms with van der Waals surface area (Å²) >= 11 is 0. The summed E-state index contributed by atoms with van der Waals surface area (Å²) in [5, 5.41) is 13.3. The van der Waals surface area contributed by atoms with Gasteiger partial charge in [0.15, 0.2) is 0 Å². The van der Waals surface area contributed by atoms with E-state index in [2.05, 4.69) is 12.2 Å². The molecule has 0 heterocycles. The molecule has 1 aromatic carbocycles. The van der Waals surface area contributed by atoms with Gasteiger partial charge >= 0.3 is 0 Å². The number of aliphatic hydroxyl groups is 1. The third-order valence-electron chi connectivity index (χ3n) is 4.34. The van der Waals surface area contributed by atoms with Crippen molar-refractivity contribution < 1.29 is 9.90 Å². The lowest BCUT2D eigenvalue weighted by Crippen LogP contribution is -2.45. The van der Waals surface area contributed by atoms with Crippen molar-refractivity contribution in [2.75, 3.05) is 12.3 Å². The molecule has 2 rings (SSSR count). The summed E-state index contributed by atoms with van der Waals surface area (Å²) in [5.41, 5.74) is 6.02. The van der Waals surface area contributed by atoms with Crippen LogP contribution in [0.2, 0.25) is 0 Å². The fraction of sp³-hybridized carbons (Fsp3) is 0.562. The van der Waals surface area contributed by atoms with Crippen molar-refractivity contribution >= 4 is 11.6 Å². The van der Waals surface area contributed by atoms with Gasteiger partial charge in [-0.05, 0) is 49.8 Å². The maximum Gasteiger partial charge on any atom is 0.251 e. The number of nitrogens with one attached hydrogen (secondary N) is 1. The van der Waals surface area contributed by atoms with Crippen molar-refractivity contribution in [1.29, 1.82) is 0 Å². The third-order valence-corrected chi connectivity index (χ3v) is 4.34. The Morgan fingerprint density at radius 1 is 1.45 bits per heavy atom. The minimum Gasteiger partial charge on any atom is -0.399 e. The van der Waals surface area contributed by atoms with Crippen LogP contribution in [0.15, 0.2) is 24.3 Å². The number of anilines is 1. The van der Waals surface area contributed by atoms with E-state index in [4.69, 9.17) is 5.73 Å². The van der Waals surface area contributed by atoms with E-state index in [9.17, 15) is 9.90 Å². The normalized spacial score (nSPS) is 26.2.